The number of benzene rings is 1. The third kappa shape index (κ3) is 6.59. The molecule has 0 fully saturated rings. The number of esters is 1. The van der Waals surface area contributed by atoms with E-state index in [-0.39, 0.29) is 0 Å². The van der Waals surface area contributed by atoms with Crippen molar-refractivity contribution in [3.05, 3.63) is 29.8 Å². The molecule has 0 aliphatic heterocycles. The number of ether oxygens (including phenoxy) is 2. The van der Waals surface area contributed by atoms with Crippen LogP contribution in [0.1, 0.15) is 26.3 Å². The van der Waals surface area contributed by atoms with Crippen LogP contribution in [0, 0.1) is 0 Å². The number of carbonyl (C=O) groups excluding carboxylic acids is 2. The minimum absolute atomic E-state index is 0.333. The second kappa shape index (κ2) is 7.85. The molecule has 1 amide bonds. The maximum absolute atomic E-state index is 11.9. The van der Waals surface area contributed by atoms with Gasteiger partial charge in [-0.05, 0) is 38.5 Å². The fourth-order valence-electron chi connectivity index (χ4n) is 1.95. The normalized spacial score (nSPS) is 12.3. The lowest BCUT2D eigenvalue weighted by molar-refractivity contribution is -0.143. The molecule has 1 aromatic rings. The molecule has 1 aromatic carbocycles. The van der Waals surface area contributed by atoms with Gasteiger partial charge in [-0.1, -0.05) is 12.1 Å². The predicted octanol–water partition coefficient (Wildman–Crippen LogP) is 2.36. The molecule has 1 unspecified atom stereocenters. The van der Waals surface area contributed by atoms with Crippen molar-refractivity contribution < 1.29 is 19.1 Å². The van der Waals surface area contributed by atoms with Gasteiger partial charge >= 0.3 is 12.1 Å². The number of nitrogens with one attached hydrogen (secondary N) is 1. The Labute approximate surface area is 137 Å². The van der Waals surface area contributed by atoms with Gasteiger partial charge in [-0.2, -0.15) is 0 Å². The lowest BCUT2D eigenvalue weighted by Gasteiger charge is -2.22. The largest absolute Gasteiger partial charge is 0.467 e. The first-order valence-electron chi connectivity index (χ1n) is 7.46. The molecule has 0 radical (unpaired) electrons. The fourth-order valence-corrected chi connectivity index (χ4v) is 1.95. The molecule has 1 atom stereocenters. The summed E-state index contributed by atoms with van der Waals surface area (Å²) in [4.78, 5) is 25.8. The van der Waals surface area contributed by atoms with Crippen LogP contribution < -0.4 is 10.2 Å². The SMILES string of the molecule is COC(=O)C(Cc1ccc(N(C)C)cc1)NC(=O)OC(C)(C)C. The highest BCUT2D eigenvalue weighted by atomic mass is 16.6. The van der Waals surface area contributed by atoms with Crippen molar-refractivity contribution in [3.63, 3.8) is 0 Å². The van der Waals surface area contributed by atoms with Crippen LogP contribution in [0.25, 0.3) is 0 Å². The maximum atomic E-state index is 11.9. The standard InChI is InChI=1S/C17H26N2O4/c1-17(2,3)23-16(21)18-14(15(20)22-6)11-12-7-9-13(10-8-12)19(4)5/h7-10,14H,11H2,1-6H3,(H,18,21). The van der Waals surface area contributed by atoms with Gasteiger partial charge in [-0.25, -0.2) is 9.59 Å². The number of methoxy groups -OCH3 is 1. The van der Waals surface area contributed by atoms with Crippen molar-refractivity contribution in [2.75, 3.05) is 26.1 Å². The Hall–Kier alpha value is -2.24. The monoisotopic (exact) mass is 322 g/mol. The number of amides is 1. The summed E-state index contributed by atoms with van der Waals surface area (Å²) in [5.41, 5.74) is 1.35. The fraction of sp³-hybridized carbons (Fsp3) is 0.529. The van der Waals surface area contributed by atoms with Crippen molar-refractivity contribution in [3.8, 4) is 0 Å². The number of nitrogens with zero attached hydrogens (tertiary/aromatic N) is 1. The number of rotatable bonds is 5. The van der Waals surface area contributed by atoms with E-state index in [1.807, 2.05) is 43.3 Å². The van der Waals surface area contributed by atoms with Crippen LogP contribution in [0.4, 0.5) is 10.5 Å². The average Bonchev–Trinajstić information content (AvgIpc) is 2.44. The maximum Gasteiger partial charge on any atom is 0.408 e. The van der Waals surface area contributed by atoms with Crippen LogP contribution in [0.3, 0.4) is 0 Å². The summed E-state index contributed by atoms with van der Waals surface area (Å²) in [5.74, 6) is -0.507. The van der Waals surface area contributed by atoms with Gasteiger partial charge in [-0.3, -0.25) is 0 Å². The second-order valence-corrected chi connectivity index (χ2v) is 6.49. The number of carbonyl (C=O) groups is 2. The van der Waals surface area contributed by atoms with Crippen molar-refractivity contribution in [2.24, 2.45) is 0 Å². The zero-order valence-corrected chi connectivity index (χ0v) is 14.7. The van der Waals surface area contributed by atoms with Crippen LogP contribution in [-0.2, 0) is 20.7 Å². The molecule has 0 aliphatic carbocycles. The van der Waals surface area contributed by atoms with Gasteiger partial charge in [0.1, 0.15) is 11.6 Å². The highest BCUT2D eigenvalue weighted by Crippen LogP contribution is 2.14. The quantitative estimate of drug-likeness (QED) is 0.843. The Balaban J connectivity index is 2.78. The first-order valence-corrected chi connectivity index (χ1v) is 7.46. The lowest BCUT2D eigenvalue weighted by atomic mass is 10.1. The van der Waals surface area contributed by atoms with Crippen molar-refractivity contribution in [2.45, 2.75) is 38.8 Å². The zero-order valence-electron chi connectivity index (χ0n) is 14.7. The minimum atomic E-state index is -0.792. The summed E-state index contributed by atoms with van der Waals surface area (Å²) in [6, 6.07) is 6.96. The molecule has 0 aromatic heterocycles. The average molecular weight is 322 g/mol. The summed E-state index contributed by atoms with van der Waals surface area (Å²) in [6.07, 6.45) is -0.308. The molecule has 0 spiro atoms. The van der Waals surface area contributed by atoms with Gasteiger partial charge in [0, 0.05) is 26.2 Å². The molecule has 0 aliphatic rings. The first kappa shape index (κ1) is 18.8. The molecule has 128 valence electrons. The highest BCUT2D eigenvalue weighted by molar-refractivity contribution is 5.81. The molecule has 1 N–H and O–H groups in total. The number of anilines is 1. The van der Waals surface area contributed by atoms with Gasteiger partial charge in [0.15, 0.2) is 0 Å². The molecule has 0 bridgehead atoms. The third-order valence-electron chi connectivity index (χ3n) is 3.07. The number of alkyl carbamates (subject to hydrolysis) is 1. The molecule has 23 heavy (non-hydrogen) atoms. The molecule has 0 saturated carbocycles. The van der Waals surface area contributed by atoms with Gasteiger partial charge in [0.25, 0.3) is 0 Å². The molecule has 0 heterocycles. The Morgan fingerprint density at radius 3 is 2.17 bits per heavy atom. The molecular formula is C17H26N2O4. The van der Waals surface area contributed by atoms with E-state index in [0.29, 0.717) is 6.42 Å². The van der Waals surface area contributed by atoms with Crippen molar-refractivity contribution in [1.29, 1.82) is 0 Å². The van der Waals surface area contributed by atoms with E-state index in [0.717, 1.165) is 11.3 Å². The Bertz CT molecular complexity index is 533. The van der Waals surface area contributed by atoms with E-state index in [1.165, 1.54) is 7.11 Å². The van der Waals surface area contributed by atoms with Crippen LogP contribution >= 0.6 is 0 Å². The highest BCUT2D eigenvalue weighted by Gasteiger charge is 2.25. The molecular weight excluding hydrogens is 296 g/mol. The van der Waals surface area contributed by atoms with Crippen molar-refractivity contribution >= 4 is 17.7 Å². The minimum Gasteiger partial charge on any atom is -0.467 e. The summed E-state index contributed by atoms with van der Waals surface area (Å²) >= 11 is 0. The Morgan fingerprint density at radius 2 is 1.74 bits per heavy atom. The second-order valence-electron chi connectivity index (χ2n) is 6.49. The lowest BCUT2D eigenvalue weighted by Crippen LogP contribution is -2.45. The van der Waals surface area contributed by atoms with E-state index >= 15 is 0 Å². The summed E-state index contributed by atoms with van der Waals surface area (Å²) < 4.78 is 9.95. The summed E-state index contributed by atoms with van der Waals surface area (Å²) in [6.45, 7) is 5.29. The smallest absolute Gasteiger partial charge is 0.408 e. The van der Waals surface area contributed by atoms with Gasteiger partial charge in [0.2, 0.25) is 0 Å². The Kier molecular flexibility index (Phi) is 6.42. The molecule has 6 heteroatoms. The third-order valence-corrected chi connectivity index (χ3v) is 3.07. The van der Waals surface area contributed by atoms with Crippen LogP contribution in [0.15, 0.2) is 24.3 Å². The van der Waals surface area contributed by atoms with E-state index in [9.17, 15) is 9.59 Å². The Morgan fingerprint density at radius 1 is 1.17 bits per heavy atom. The van der Waals surface area contributed by atoms with Crippen LogP contribution in [0.2, 0.25) is 0 Å². The summed E-state index contributed by atoms with van der Waals surface area (Å²) in [5, 5.41) is 2.56. The molecule has 1 rings (SSSR count). The van der Waals surface area contributed by atoms with E-state index < -0.39 is 23.7 Å². The van der Waals surface area contributed by atoms with Gasteiger partial charge < -0.3 is 19.7 Å². The van der Waals surface area contributed by atoms with E-state index in [2.05, 4.69) is 5.32 Å². The molecule has 6 nitrogen and oxygen atoms in total. The first-order chi connectivity index (χ1) is 10.6. The predicted molar refractivity (Wildman–Crippen MR) is 89.6 cm³/mol. The van der Waals surface area contributed by atoms with E-state index in [1.54, 1.807) is 20.8 Å². The van der Waals surface area contributed by atoms with Crippen LogP contribution in [-0.4, -0.2) is 44.9 Å². The summed E-state index contributed by atoms with van der Waals surface area (Å²) in [7, 11) is 5.20. The van der Waals surface area contributed by atoms with Crippen molar-refractivity contribution in [1.82, 2.24) is 5.32 Å². The van der Waals surface area contributed by atoms with E-state index in [4.69, 9.17) is 9.47 Å². The van der Waals surface area contributed by atoms with Gasteiger partial charge in [-0.15, -0.1) is 0 Å². The number of hydrogen-bond donors (Lipinski definition) is 1. The molecule has 0 saturated heterocycles. The number of hydrogen-bond acceptors (Lipinski definition) is 5. The topological polar surface area (TPSA) is 67.9 Å². The van der Waals surface area contributed by atoms with Crippen LogP contribution in [0.5, 0.6) is 0 Å². The zero-order chi connectivity index (χ0) is 17.6. The van der Waals surface area contributed by atoms with Gasteiger partial charge in [0.05, 0.1) is 7.11 Å².